The van der Waals surface area contributed by atoms with Gasteiger partial charge in [0.1, 0.15) is 0 Å². The van der Waals surface area contributed by atoms with Crippen LogP contribution in [0.2, 0.25) is 0 Å². The van der Waals surface area contributed by atoms with E-state index >= 15 is 0 Å². The molecule has 1 rings (SSSR count). The Balaban J connectivity index is 2.76. The van der Waals surface area contributed by atoms with Gasteiger partial charge in [0.15, 0.2) is 0 Å². The monoisotopic (exact) mass is 169 g/mol. The second-order valence-corrected chi connectivity index (χ2v) is 2.90. The lowest BCUT2D eigenvalue weighted by Gasteiger charge is -2.21. The van der Waals surface area contributed by atoms with E-state index in [1.54, 1.807) is 12.2 Å². The van der Waals surface area contributed by atoms with Crippen LogP contribution in [0.4, 0.5) is 0 Å². The molecule has 4 nitrogen and oxygen atoms in total. The number of amides is 1. The summed E-state index contributed by atoms with van der Waals surface area (Å²) >= 11 is 0. The predicted octanol–water partition coefficient (Wildman–Crippen LogP) is 0.139. The van der Waals surface area contributed by atoms with Crippen LogP contribution < -0.4 is 5.73 Å². The van der Waals surface area contributed by atoms with Crippen LogP contribution in [0.25, 0.3) is 0 Å². The minimum Gasteiger partial charge on any atom is -0.481 e. The molecule has 2 atom stereocenters. The Kier molecular flexibility index (Phi) is 2.47. The summed E-state index contributed by atoms with van der Waals surface area (Å²) in [7, 11) is 0. The van der Waals surface area contributed by atoms with Crippen molar-refractivity contribution < 1.29 is 14.7 Å². The molecule has 2 unspecified atom stereocenters. The largest absolute Gasteiger partial charge is 0.481 e. The summed E-state index contributed by atoms with van der Waals surface area (Å²) in [6.45, 7) is 0. The third-order valence-electron chi connectivity index (χ3n) is 2.12. The number of primary amides is 1. The SMILES string of the molecule is NC(=O)C1CC=CCC1C(=O)O. The molecule has 0 heterocycles. The van der Waals surface area contributed by atoms with Gasteiger partial charge in [0.2, 0.25) is 5.91 Å². The molecule has 66 valence electrons. The van der Waals surface area contributed by atoms with Gasteiger partial charge in [0.05, 0.1) is 11.8 Å². The van der Waals surface area contributed by atoms with Crippen LogP contribution in [-0.2, 0) is 9.59 Å². The van der Waals surface area contributed by atoms with Crippen molar-refractivity contribution in [3.8, 4) is 0 Å². The summed E-state index contributed by atoms with van der Waals surface area (Å²) in [5, 5.41) is 8.72. The first-order valence-electron chi connectivity index (χ1n) is 3.80. The van der Waals surface area contributed by atoms with E-state index in [-0.39, 0.29) is 0 Å². The maximum atomic E-state index is 10.8. The molecule has 0 aliphatic heterocycles. The van der Waals surface area contributed by atoms with Gasteiger partial charge in [0.25, 0.3) is 0 Å². The van der Waals surface area contributed by atoms with E-state index in [1.807, 2.05) is 0 Å². The van der Waals surface area contributed by atoms with Crippen LogP contribution in [0.1, 0.15) is 12.8 Å². The van der Waals surface area contributed by atoms with Gasteiger partial charge in [0, 0.05) is 0 Å². The summed E-state index contributed by atoms with van der Waals surface area (Å²) < 4.78 is 0. The van der Waals surface area contributed by atoms with Crippen molar-refractivity contribution in [1.82, 2.24) is 0 Å². The molecule has 4 heteroatoms. The minimum absolute atomic E-state index is 0.406. The Morgan fingerprint density at radius 1 is 1.25 bits per heavy atom. The molecule has 3 N–H and O–H groups in total. The van der Waals surface area contributed by atoms with E-state index in [1.165, 1.54) is 0 Å². The van der Waals surface area contributed by atoms with Gasteiger partial charge in [-0.3, -0.25) is 9.59 Å². The first-order valence-corrected chi connectivity index (χ1v) is 3.80. The van der Waals surface area contributed by atoms with Crippen molar-refractivity contribution in [3.63, 3.8) is 0 Å². The highest BCUT2D eigenvalue weighted by Crippen LogP contribution is 2.25. The van der Waals surface area contributed by atoms with Crippen molar-refractivity contribution in [2.24, 2.45) is 17.6 Å². The number of hydrogen-bond donors (Lipinski definition) is 2. The van der Waals surface area contributed by atoms with Crippen LogP contribution in [0.5, 0.6) is 0 Å². The molecule has 0 bridgehead atoms. The topological polar surface area (TPSA) is 80.4 Å². The normalized spacial score (nSPS) is 28.3. The van der Waals surface area contributed by atoms with Gasteiger partial charge < -0.3 is 10.8 Å². The summed E-state index contributed by atoms with van der Waals surface area (Å²) in [5.74, 6) is -2.63. The molecule has 0 saturated heterocycles. The number of hydrogen-bond acceptors (Lipinski definition) is 2. The highest BCUT2D eigenvalue weighted by molar-refractivity contribution is 5.84. The van der Waals surface area contributed by atoms with Crippen molar-refractivity contribution in [1.29, 1.82) is 0 Å². The number of carboxylic acids is 1. The number of rotatable bonds is 2. The first kappa shape index (κ1) is 8.77. The molecule has 0 aromatic rings. The summed E-state index contributed by atoms with van der Waals surface area (Å²) in [4.78, 5) is 21.4. The van der Waals surface area contributed by atoms with Crippen LogP contribution >= 0.6 is 0 Å². The molecule has 1 aliphatic rings. The van der Waals surface area contributed by atoms with Crippen LogP contribution in [0.3, 0.4) is 0 Å². The quantitative estimate of drug-likeness (QED) is 0.577. The molecule has 0 fully saturated rings. The standard InChI is InChI=1S/C8H11NO3/c9-7(10)5-3-1-2-4-6(5)8(11)12/h1-2,5-6H,3-4H2,(H2,9,10)(H,11,12). The minimum atomic E-state index is -0.942. The Labute approximate surface area is 70.1 Å². The zero-order valence-electron chi connectivity index (χ0n) is 6.56. The van der Waals surface area contributed by atoms with Crippen LogP contribution in [-0.4, -0.2) is 17.0 Å². The smallest absolute Gasteiger partial charge is 0.307 e. The molecule has 0 aromatic carbocycles. The number of allylic oxidation sites excluding steroid dienone is 2. The van der Waals surface area contributed by atoms with Crippen molar-refractivity contribution in [2.75, 3.05) is 0 Å². The van der Waals surface area contributed by atoms with E-state index in [4.69, 9.17) is 10.8 Å². The number of carbonyl (C=O) groups is 2. The molecule has 0 radical (unpaired) electrons. The van der Waals surface area contributed by atoms with Crippen molar-refractivity contribution in [3.05, 3.63) is 12.2 Å². The predicted molar refractivity (Wildman–Crippen MR) is 42.2 cm³/mol. The third kappa shape index (κ3) is 1.64. The van der Waals surface area contributed by atoms with Gasteiger partial charge in [-0.05, 0) is 12.8 Å². The van der Waals surface area contributed by atoms with Gasteiger partial charge in [-0.25, -0.2) is 0 Å². The Morgan fingerprint density at radius 3 is 2.08 bits per heavy atom. The number of carboxylic acid groups (broad SMARTS) is 1. The van der Waals surface area contributed by atoms with Gasteiger partial charge >= 0.3 is 5.97 Å². The summed E-state index contributed by atoms with van der Waals surface area (Å²) in [5.41, 5.74) is 5.06. The lowest BCUT2D eigenvalue weighted by Crippen LogP contribution is -2.35. The first-order chi connectivity index (χ1) is 5.63. The lowest BCUT2D eigenvalue weighted by atomic mass is 9.83. The maximum Gasteiger partial charge on any atom is 0.307 e. The number of carbonyl (C=O) groups excluding carboxylic acids is 1. The van der Waals surface area contributed by atoms with E-state index in [0.29, 0.717) is 12.8 Å². The molecular formula is C8H11NO3. The van der Waals surface area contributed by atoms with E-state index in [0.717, 1.165) is 0 Å². The molecule has 0 spiro atoms. The van der Waals surface area contributed by atoms with Crippen LogP contribution in [0, 0.1) is 11.8 Å². The van der Waals surface area contributed by atoms with Gasteiger partial charge in [-0.15, -0.1) is 0 Å². The zero-order chi connectivity index (χ0) is 9.14. The third-order valence-corrected chi connectivity index (χ3v) is 2.12. The van der Waals surface area contributed by atoms with E-state index in [2.05, 4.69) is 0 Å². The second kappa shape index (κ2) is 3.38. The molecule has 1 aliphatic carbocycles. The average molecular weight is 169 g/mol. The zero-order valence-corrected chi connectivity index (χ0v) is 6.56. The summed E-state index contributed by atoms with van der Waals surface area (Å²) in [6.07, 6.45) is 4.43. The molecule has 0 aromatic heterocycles. The number of aliphatic carboxylic acids is 1. The molecule has 0 saturated carbocycles. The fourth-order valence-electron chi connectivity index (χ4n) is 1.40. The summed E-state index contributed by atoms with van der Waals surface area (Å²) in [6, 6.07) is 0. The number of nitrogens with two attached hydrogens (primary N) is 1. The highest BCUT2D eigenvalue weighted by Gasteiger charge is 2.32. The Bertz CT molecular complexity index is 210. The average Bonchev–Trinajstić information content (AvgIpc) is 2.04. The van der Waals surface area contributed by atoms with Crippen molar-refractivity contribution in [2.45, 2.75) is 12.8 Å². The Morgan fingerprint density at radius 2 is 1.75 bits per heavy atom. The van der Waals surface area contributed by atoms with Gasteiger partial charge in [-0.1, -0.05) is 12.2 Å². The fourth-order valence-corrected chi connectivity index (χ4v) is 1.40. The molecule has 1 amide bonds. The lowest BCUT2D eigenvalue weighted by molar-refractivity contribution is -0.146. The van der Waals surface area contributed by atoms with Crippen molar-refractivity contribution >= 4 is 11.9 Å². The highest BCUT2D eigenvalue weighted by atomic mass is 16.4. The Hall–Kier alpha value is -1.32. The maximum absolute atomic E-state index is 10.8. The van der Waals surface area contributed by atoms with Crippen LogP contribution in [0.15, 0.2) is 12.2 Å². The molecular weight excluding hydrogens is 158 g/mol. The second-order valence-electron chi connectivity index (χ2n) is 2.90. The van der Waals surface area contributed by atoms with E-state index < -0.39 is 23.7 Å². The van der Waals surface area contributed by atoms with Gasteiger partial charge in [-0.2, -0.15) is 0 Å². The fraction of sp³-hybridized carbons (Fsp3) is 0.500. The molecule has 12 heavy (non-hydrogen) atoms. The van der Waals surface area contributed by atoms with E-state index in [9.17, 15) is 9.59 Å².